The summed E-state index contributed by atoms with van der Waals surface area (Å²) in [5.41, 5.74) is 2.38. The second-order valence-electron chi connectivity index (χ2n) is 4.50. The summed E-state index contributed by atoms with van der Waals surface area (Å²) in [5, 5.41) is 0. The van der Waals surface area contributed by atoms with Gasteiger partial charge in [0.2, 0.25) is 0 Å². The van der Waals surface area contributed by atoms with Crippen LogP contribution in [-0.4, -0.2) is 7.85 Å². The van der Waals surface area contributed by atoms with Crippen molar-refractivity contribution in [1.29, 1.82) is 0 Å². The van der Waals surface area contributed by atoms with Gasteiger partial charge in [0.25, 0.3) is 0 Å². The summed E-state index contributed by atoms with van der Waals surface area (Å²) in [6.45, 7) is 6.24. The number of benzene rings is 1. The smallest absolute Gasteiger partial charge is 0.102 e. The largest absolute Gasteiger partial charge is 0.113 e. The van der Waals surface area contributed by atoms with Gasteiger partial charge in [0.05, 0.1) is 0 Å². The van der Waals surface area contributed by atoms with Crippen molar-refractivity contribution in [2.75, 3.05) is 0 Å². The van der Waals surface area contributed by atoms with Crippen LogP contribution < -0.4 is 5.46 Å². The van der Waals surface area contributed by atoms with E-state index < -0.39 is 0 Å². The van der Waals surface area contributed by atoms with Crippen LogP contribution >= 0.6 is 0 Å². The summed E-state index contributed by atoms with van der Waals surface area (Å²) < 4.78 is 0. The van der Waals surface area contributed by atoms with Crippen LogP contribution in [0.25, 0.3) is 0 Å². The Morgan fingerprint density at radius 1 is 1.50 bits per heavy atom. The van der Waals surface area contributed by atoms with Crippen LogP contribution in [0.4, 0.5) is 0 Å². The molecule has 1 aromatic rings. The summed E-state index contributed by atoms with van der Waals surface area (Å²) >= 11 is 0. The molecule has 0 heterocycles. The third-order valence-corrected chi connectivity index (χ3v) is 3.28. The molecule has 0 N–H and O–H groups in total. The SMILES string of the molecule is [B]c1cccc(C2(C=C)CC(C)C2)c1. The summed E-state index contributed by atoms with van der Waals surface area (Å²) in [6, 6.07) is 8.19. The van der Waals surface area contributed by atoms with Gasteiger partial charge in [0, 0.05) is 5.41 Å². The monoisotopic (exact) mass is 182 g/mol. The van der Waals surface area contributed by atoms with Gasteiger partial charge in [-0.3, -0.25) is 0 Å². The second kappa shape index (κ2) is 3.31. The summed E-state index contributed by atoms with van der Waals surface area (Å²) in [7, 11) is 5.79. The Labute approximate surface area is 87.4 Å². The molecule has 1 heteroatoms. The lowest BCUT2D eigenvalue weighted by atomic mass is 9.59. The molecule has 70 valence electrons. The van der Waals surface area contributed by atoms with Crippen molar-refractivity contribution in [2.24, 2.45) is 5.92 Å². The highest BCUT2D eigenvalue weighted by molar-refractivity contribution is 6.32. The topological polar surface area (TPSA) is 0 Å². The summed E-state index contributed by atoms with van der Waals surface area (Å²) in [6.07, 6.45) is 4.50. The fraction of sp³-hybridized carbons (Fsp3) is 0.385. The number of rotatable bonds is 2. The predicted octanol–water partition coefficient (Wildman–Crippen LogP) is 2.33. The first-order valence-corrected chi connectivity index (χ1v) is 5.16. The summed E-state index contributed by atoms with van der Waals surface area (Å²) in [4.78, 5) is 0. The molecular weight excluding hydrogens is 167 g/mol. The zero-order valence-corrected chi connectivity index (χ0v) is 8.66. The van der Waals surface area contributed by atoms with Gasteiger partial charge in [-0.1, -0.05) is 42.7 Å². The zero-order valence-electron chi connectivity index (χ0n) is 8.66. The van der Waals surface area contributed by atoms with Crippen LogP contribution in [0.5, 0.6) is 0 Å². The Morgan fingerprint density at radius 2 is 2.21 bits per heavy atom. The van der Waals surface area contributed by atoms with E-state index in [4.69, 9.17) is 7.85 Å². The Kier molecular flexibility index (Phi) is 2.26. The van der Waals surface area contributed by atoms with Gasteiger partial charge in [-0.05, 0) is 24.3 Å². The van der Waals surface area contributed by atoms with Gasteiger partial charge in [0.1, 0.15) is 7.85 Å². The van der Waals surface area contributed by atoms with Crippen LogP contribution in [-0.2, 0) is 5.41 Å². The van der Waals surface area contributed by atoms with E-state index in [-0.39, 0.29) is 5.41 Å². The Balaban J connectivity index is 2.33. The minimum absolute atomic E-state index is 0.203. The molecule has 0 aliphatic heterocycles. The second-order valence-corrected chi connectivity index (χ2v) is 4.50. The molecule has 2 radical (unpaired) electrons. The third-order valence-electron chi connectivity index (χ3n) is 3.28. The Hall–Kier alpha value is -0.975. The molecule has 0 bridgehead atoms. The van der Waals surface area contributed by atoms with Gasteiger partial charge in [-0.15, -0.1) is 6.58 Å². The minimum atomic E-state index is 0.203. The van der Waals surface area contributed by atoms with E-state index in [1.165, 1.54) is 18.4 Å². The van der Waals surface area contributed by atoms with Crippen molar-refractivity contribution < 1.29 is 0 Å². The van der Waals surface area contributed by atoms with Crippen molar-refractivity contribution in [2.45, 2.75) is 25.2 Å². The third kappa shape index (κ3) is 1.41. The lowest BCUT2D eigenvalue weighted by Crippen LogP contribution is -2.38. The molecule has 0 spiro atoms. The van der Waals surface area contributed by atoms with E-state index in [1.807, 2.05) is 12.1 Å². The van der Waals surface area contributed by atoms with E-state index in [1.54, 1.807) is 0 Å². The molecule has 1 saturated carbocycles. The average Bonchev–Trinajstić information content (AvgIpc) is 2.12. The predicted molar refractivity (Wildman–Crippen MR) is 62.1 cm³/mol. The van der Waals surface area contributed by atoms with E-state index in [2.05, 4.69) is 31.7 Å². The van der Waals surface area contributed by atoms with Crippen molar-refractivity contribution in [3.05, 3.63) is 42.5 Å². The lowest BCUT2D eigenvalue weighted by molar-refractivity contribution is 0.210. The van der Waals surface area contributed by atoms with E-state index >= 15 is 0 Å². The van der Waals surface area contributed by atoms with Crippen molar-refractivity contribution in [1.82, 2.24) is 0 Å². The maximum Gasteiger partial charge on any atom is 0.113 e. The maximum atomic E-state index is 5.79. The molecule has 1 aliphatic carbocycles. The van der Waals surface area contributed by atoms with E-state index in [0.29, 0.717) is 0 Å². The number of hydrogen-bond donors (Lipinski definition) is 0. The molecule has 0 amide bonds. The highest BCUT2D eigenvalue weighted by atomic mass is 14.4. The van der Waals surface area contributed by atoms with Crippen LogP contribution in [0.3, 0.4) is 0 Å². The summed E-state index contributed by atoms with van der Waals surface area (Å²) in [5.74, 6) is 0.814. The van der Waals surface area contributed by atoms with Gasteiger partial charge in [-0.2, -0.15) is 0 Å². The van der Waals surface area contributed by atoms with E-state index in [0.717, 1.165) is 11.4 Å². The van der Waals surface area contributed by atoms with Gasteiger partial charge >= 0.3 is 0 Å². The van der Waals surface area contributed by atoms with Crippen molar-refractivity contribution >= 4 is 13.3 Å². The van der Waals surface area contributed by atoms with Crippen LogP contribution in [0.2, 0.25) is 0 Å². The maximum absolute atomic E-state index is 5.79. The Bertz CT molecular complexity index is 348. The minimum Gasteiger partial charge on any atom is -0.102 e. The van der Waals surface area contributed by atoms with E-state index in [9.17, 15) is 0 Å². The highest BCUT2D eigenvalue weighted by Gasteiger charge is 2.40. The zero-order chi connectivity index (χ0) is 10.2. The quantitative estimate of drug-likeness (QED) is 0.486. The molecule has 0 nitrogen and oxygen atoms in total. The lowest BCUT2D eigenvalue weighted by Gasteiger charge is -2.45. The fourth-order valence-electron chi connectivity index (χ4n) is 2.55. The first kappa shape index (κ1) is 9.58. The molecule has 1 aliphatic rings. The van der Waals surface area contributed by atoms with Crippen molar-refractivity contribution in [3.63, 3.8) is 0 Å². The molecule has 14 heavy (non-hydrogen) atoms. The normalized spacial score (nSPS) is 30.8. The highest BCUT2D eigenvalue weighted by Crippen LogP contribution is 2.48. The number of allylic oxidation sites excluding steroid dienone is 1. The molecule has 1 aromatic carbocycles. The Morgan fingerprint density at radius 3 is 2.71 bits per heavy atom. The molecular formula is C13H15B. The molecule has 0 unspecified atom stereocenters. The molecule has 2 rings (SSSR count). The van der Waals surface area contributed by atoms with Crippen LogP contribution in [0.15, 0.2) is 36.9 Å². The molecule has 0 aromatic heterocycles. The molecule has 0 atom stereocenters. The average molecular weight is 182 g/mol. The van der Waals surface area contributed by atoms with Crippen molar-refractivity contribution in [3.8, 4) is 0 Å². The van der Waals surface area contributed by atoms with Gasteiger partial charge in [0.15, 0.2) is 0 Å². The first-order valence-electron chi connectivity index (χ1n) is 5.16. The molecule has 0 saturated heterocycles. The number of hydrogen-bond acceptors (Lipinski definition) is 0. The van der Waals surface area contributed by atoms with Crippen LogP contribution in [0.1, 0.15) is 25.3 Å². The standard InChI is InChI=1S/C13H15B/c1-3-13(8-10(2)9-13)11-5-4-6-12(14)7-11/h3-7,10H,1,8-9H2,2H3. The molecule has 1 fully saturated rings. The van der Waals surface area contributed by atoms with Gasteiger partial charge in [-0.25, -0.2) is 0 Å². The fourth-order valence-corrected chi connectivity index (χ4v) is 2.55. The first-order chi connectivity index (χ1) is 6.66. The van der Waals surface area contributed by atoms with Gasteiger partial charge < -0.3 is 0 Å². The van der Waals surface area contributed by atoms with Crippen LogP contribution in [0, 0.1) is 5.92 Å².